The average molecular weight is 265 g/mol. The van der Waals surface area contributed by atoms with Gasteiger partial charge in [-0.25, -0.2) is 0 Å². The largest absolute Gasteiger partial charge is 0.480 e. The summed E-state index contributed by atoms with van der Waals surface area (Å²) < 4.78 is 5.18. The number of halogens is 1. The number of anilines is 1. The lowest BCUT2D eigenvalue weighted by Gasteiger charge is -2.04. The van der Waals surface area contributed by atoms with Crippen molar-refractivity contribution in [3.8, 4) is 5.88 Å². The van der Waals surface area contributed by atoms with Crippen LogP contribution in [0.1, 0.15) is 4.88 Å². The van der Waals surface area contributed by atoms with Crippen LogP contribution in [0.4, 0.5) is 5.13 Å². The van der Waals surface area contributed by atoms with E-state index in [0.29, 0.717) is 0 Å². The van der Waals surface area contributed by atoms with Crippen molar-refractivity contribution in [2.24, 2.45) is 0 Å². The quantitative estimate of drug-likeness (QED) is 0.780. The normalized spacial score (nSPS) is 10.2. The number of methoxy groups -OCH3 is 1. The predicted octanol–water partition coefficient (Wildman–Crippen LogP) is 2.16. The molecule has 0 aliphatic heterocycles. The van der Waals surface area contributed by atoms with E-state index in [1.54, 1.807) is 18.4 Å². The number of aromatic nitrogens is 1. The van der Waals surface area contributed by atoms with E-state index in [-0.39, 0.29) is 0 Å². The van der Waals surface area contributed by atoms with Crippen LogP contribution in [-0.2, 0) is 6.42 Å². The molecule has 0 spiro atoms. The maximum atomic E-state index is 5.18. The number of rotatable bonds is 4. The molecule has 0 unspecified atom stereocenters. The zero-order valence-corrected chi connectivity index (χ0v) is 10.4. The van der Waals surface area contributed by atoms with E-state index in [2.05, 4.69) is 20.9 Å². The summed E-state index contributed by atoms with van der Waals surface area (Å²) in [6.07, 6.45) is 0.967. The Labute approximate surface area is 90.9 Å². The molecule has 0 fully saturated rings. The lowest BCUT2D eigenvalue weighted by atomic mass is 10.4. The smallest absolute Gasteiger partial charge is 0.229 e. The first kappa shape index (κ1) is 10.8. The van der Waals surface area contributed by atoms with Crippen molar-refractivity contribution < 1.29 is 4.74 Å². The Balaban J connectivity index is 2.90. The third kappa shape index (κ3) is 2.57. The first-order valence-corrected chi connectivity index (χ1v) is 5.89. The van der Waals surface area contributed by atoms with Crippen molar-refractivity contribution in [3.05, 3.63) is 4.88 Å². The van der Waals surface area contributed by atoms with E-state index in [0.717, 1.165) is 22.8 Å². The van der Waals surface area contributed by atoms with Crippen molar-refractivity contribution in [1.82, 2.24) is 4.98 Å². The van der Waals surface area contributed by atoms with Crippen LogP contribution in [0, 0.1) is 0 Å². The molecule has 1 aromatic heterocycles. The van der Waals surface area contributed by atoms with Gasteiger partial charge in [-0.05, 0) is 6.42 Å². The summed E-state index contributed by atoms with van der Waals surface area (Å²) in [7, 11) is 5.62. The third-order valence-corrected chi connectivity index (χ3v) is 3.21. The average Bonchev–Trinajstić information content (AvgIpc) is 2.48. The van der Waals surface area contributed by atoms with E-state index in [4.69, 9.17) is 4.74 Å². The lowest BCUT2D eigenvalue weighted by Crippen LogP contribution is -2.07. The molecular weight excluding hydrogens is 252 g/mol. The number of hydrogen-bond acceptors (Lipinski definition) is 4. The molecule has 0 aliphatic carbocycles. The molecule has 1 heterocycles. The SMILES string of the molecule is COc1nc(N(C)C)sc1CCBr. The number of thiazole rings is 1. The highest BCUT2D eigenvalue weighted by molar-refractivity contribution is 9.09. The summed E-state index contributed by atoms with van der Waals surface area (Å²) in [5, 5.41) is 1.94. The molecule has 13 heavy (non-hydrogen) atoms. The highest BCUT2D eigenvalue weighted by atomic mass is 79.9. The molecule has 0 radical (unpaired) electrons. The summed E-state index contributed by atoms with van der Waals surface area (Å²) in [4.78, 5) is 7.54. The van der Waals surface area contributed by atoms with Crippen LogP contribution >= 0.6 is 27.3 Å². The van der Waals surface area contributed by atoms with Crippen molar-refractivity contribution in [2.75, 3.05) is 31.4 Å². The van der Waals surface area contributed by atoms with Crippen molar-refractivity contribution in [3.63, 3.8) is 0 Å². The van der Waals surface area contributed by atoms with Gasteiger partial charge in [0.2, 0.25) is 5.88 Å². The van der Waals surface area contributed by atoms with Crippen LogP contribution in [0.15, 0.2) is 0 Å². The molecule has 0 aliphatic rings. The number of nitrogens with zero attached hydrogens (tertiary/aromatic N) is 2. The molecule has 3 nitrogen and oxygen atoms in total. The lowest BCUT2D eigenvalue weighted by molar-refractivity contribution is 0.397. The molecule has 0 saturated carbocycles. The summed E-state index contributed by atoms with van der Waals surface area (Å²) in [5.74, 6) is 0.758. The van der Waals surface area contributed by atoms with Gasteiger partial charge in [-0.3, -0.25) is 0 Å². The number of aryl methyl sites for hydroxylation is 1. The summed E-state index contributed by atoms with van der Waals surface area (Å²) >= 11 is 5.08. The Hall–Kier alpha value is -0.290. The van der Waals surface area contributed by atoms with E-state index in [1.807, 2.05) is 19.0 Å². The zero-order valence-electron chi connectivity index (χ0n) is 8.00. The number of ether oxygens (including phenoxy) is 1. The van der Waals surface area contributed by atoms with Gasteiger partial charge in [0.1, 0.15) is 0 Å². The molecule has 0 bridgehead atoms. The van der Waals surface area contributed by atoms with Crippen molar-refractivity contribution >= 4 is 32.4 Å². The molecular formula is C8H13BrN2OS. The van der Waals surface area contributed by atoms with Gasteiger partial charge in [0, 0.05) is 19.4 Å². The van der Waals surface area contributed by atoms with Gasteiger partial charge >= 0.3 is 0 Å². The predicted molar refractivity (Wildman–Crippen MR) is 60.5 cm³/mol. The Kier molecular flexibility index (Phi) is 3.99. The minimum atomic E-state index is 0.758. The van der Waals surface area contributed by atoms with Crippen LogP contribution in [0.5, 0.6) is 5.88 Å². The third-order valence-electron chi connectivity index (χ3n) is 1.55. The fraction of sp³-hybridized carbons (Fsp3) is 0.625. The summed E-state index contributed by atoms with van der Waals surface area (Å²) in [6, 6.07) is 0. The monoisotopic (exact) mass is 264 g/mol. The highest BCUT2D eigenvalue weighted by Crippen LogP contribution is 2.30. The molecule has 0 N–H and O–H groups in total. The Morgan fingerprint density at radius 2 is 2.23 bits per heavy atom. The molecule has 1 aromatic rings. The van der Waals surface area contributed by atoms with Gasteiger partial charge in [0.05, 0.1) is 12.0 Å². The molecule has 0 saturated heterocycles. The maximum Gasteiger partial charge on any atom is 0.229 e. The topological polar surface area (TPSA) is 25.4 Å². The van der Waals surface area contributed by atoms with E-state index in [9.17, 15) is 0 Å². The van der Waals surface area contributed by atoms with Gasteiger partial charge in [-0.1, -0.05) is 27.3 Å². The molecule has 0 amide bonds. The first-order valence-electron chi connectivity index (χ1n) is 3.96. The Morgan fingerprint density at radius 3 is 2.69 bits per heavy atom. The van der Waals surface area contributed by atoms with Gasteiger partial charge < -0.3 is 9.64 Å². The number of hydrogen-bond donors (Lipinski definition) is 0. The van der Waals surface area contributed by atoms with Crippen LogP contribution in [0.25, 0.3) is 0 Å². The highest BCUT2D eigenvalue weighted by Gasteiger charge is 2.11. The summed E-state index contributed by atoms with van der Waals surface area (Å²) in [5.41, 5.74) is 0. The van der Waals surface area contributed by atoms with Crippen molar-refractivity contribution in [1.29, 1.82) is 0 Å². The number of alkyl halides is 1. The fourth-order valence-corrected chi connectivity index (χ4v) is 2.53. The van der Waals surface area contributed by atoms with Gasteiger partial charge in [0.15, 0.2) is 5.13 Å². The molecule has 0 atom stereocenters. The van der Waals surface area contributed by atoms with E-state index >= 15 is 0 Å². The van der Waals surface area contributed by atoms with E-state index in [1.165, 1.54) is 4.88 Å². The molecule has 5 heteroatoms. The molecule has 1 rings (SSSR count). The van der Waals surface area contributed by atoms with Crippen LogP contribution < -0.4 is 9.64 Å². The fourth-order valence-electron chi connectivity index (χ4n) is 0.920. The minimum absolute atomic E-state index is 0.758. The zero-order chi connectivity index (χ0) is 9.84. The van der Waals surface area contributed by atoms with Crippen LogP contribution in [-0.4, -0.2) is 31.5 Å². The molecule has 0 aromatic carbocycles. The standard InChI is InChI=1S/C8H13BrN2OS/c1-11(2)8-10-7(12-3)6(13-8)4-5-9/h4-5H2,1-3H3. The van der Waals surface area contributed by atoms with Crippen LogP contribution in [0.3, 0.4) is 0 Å². The van der Waals surface area contributed by atoms with Gasteiger partial charge in [0.25, 0.3) is 0 Å². The van der Waals surface area contributed by atoms with E-state index < -0.39 is 0 Å². The first-order chi connectivity index (χ1) is 6.19. The maximum absolute atomic E-state index is 5.18. The second kappa shape index (κ2) is 4.81. The minimum Gasteiger partial charge on any atom is -0.480 e. The Morgan fingerprint density at radius 1 is 1.54 bits per heavy atom. The molecule has 74 valence electrons. The van der Waals surface area contributed by atoms with Crippen LogP contribution in [0.2, 0.25) is 0 Å². The van der Waals surface area contributed by atoms with Crippen molar-refractivity contribution in [2.45, 2.75) is 6.42 Å². The van der Waals surface area contributed by atoms with Gasteiger partial charge in [-0.2, -0.15) is 4.98 Å². The summed E-state index contributed by atoms with van der Waals surface area (Å²) in [6.45, 7) is 0. The second-order valence-electron chi connectivity index (χ2n) is 2.76. The van der Waals surface area contributed by atoms with Gasteiger partial charge in [-0.15, -0.1) is 0 Å². The Bertz CT molecular complexity index is 275. The second-order valence-corrected chi connectivity index (χ2v) is 4.62.